The number of carbonyl (C=O) groups is 1. The van der Waals surface area contributed by atoms with Crippen molar-refractivity contribution in [1.82, 2.24) is 15.3 Å². The molecule has 1 heterocycles. The first kappa shape index (κ1) is 16.9. The van der Waals surface area contributed by atoms with Crippen LogP contribution < -0.4 is 11.1 Å². The fraction of sp³-hybridized carbons (Fsp3) is 0.250. The van der Waals surface area contributed by atoms with E-state index >= 15 is 0 Å². The first-order valence-electron chi connectivity index (χ1n) is 8.42. The van der Waals surface area contributed by atoms with Crippen LogP contribution in [0.1, 0.15) is 36.2 Å². The van der Waals surface area contributed by atoms with Crippen LogP contribution in [0.5, 0.6) is 0 Å². The van der Waals surface area contributed by atoms with E-state index in [2.05, 4.69) is 22.2 Å². The van der Waals surface area contributed by atoms with Gasteiger partial charge in [-0.05, 0) is 61.2 Å². The van der Waals surface area contributed by atoms with Gasteiger partial charge in [-0.3, -0.25) is 4.79 Å². The lowest BCUT2D eigenvalue weighted by atomic mass is 9.97. The number of amides is 1. The van der Waals surface area contributed by atoms with Gasteiger partial charge in [-0.15, -0.1) is 0 Å². The van der Waals surface area contributed by atoms with Gasteiger partial charge in [-0.2, -0.15) is 0 Å². The number of hydrogen-bond acceptors (Lipinski definition) is 4. The molecule has 0 bridgehead atoms. The summed E-state index contributed by atoms with van der Waals surface area (Å²) in [4.78, 5) is 20.7. The molecule has 25 heavy (non-hydrogen) atoms. The Balaban J connectivity index is 2.00. The molecule has 0 aliphatic heterocycles. The Kier molecular flexibility index (Phi) is 4.65. The number of nitrogen functional groups attached to an aromatic ring is 1. The second kappa shape index (κ2) is 6.89. The van der Waals surface area contributed by atoms with E-state index in [4.69, 9.17) is 5.73 Å². The number of nitrogens with zero attached hydrogens (tertiary/aromatic N) is 2. The summed E-state index contributed by atoms with van der Waals surface area (Å²) in [6.45, 7) is 6.09. The number of fused-ring (bicyclic) bond motifs is 1. The van der Waals surface area contributed by atoms with Gasteiger partial charge in [0.05, 0.1) is 5.52 Å². The Morgan fingerprint density at radius 2 is 2.04 bits per heavy atom. The maximum atomic E-state index is 12.4. The third-order valence-corrected chi connectivity index (χ3v) is 4.40. The highest BCUT2D eigenvalue weighted by Crippen LogP contribution is 2.27. The molecule has 2 aromatic carbocycles. The van der Waals surface area contributed by atoms with E-state index < -0.39 is 0 Å². The molecule has 1 unspecified atom stereocenters. The number of rotatable bonds is 4. The zero-order chi connectivity index (χ0) is 18.0. The van der Waals surface area contributed by atoms with E-state index in [0.29, 0.717) is 5.56 Å². The minimum atomic E-state index is -0.0486. The summed E-state index contributed by atoms with van der Waals surface area (Å²) in [5.74, 6) is 0.215. The van der Waals surface area contributed by atoms with Crippen molar-refractivity contribution >= 4 is 22.8 Å². The second-order valence-electron chi connectivity index (χ2n) is 6.31. The summed E-state index contributed by atoms with van der Waals surface area (Å²) in [6, 6.07) is 11.9. The topological polar surface area (TPSA) is 80.9 Å². The van der Waals surface area contributed by atoms with Crippen LogP contribution in [0.15, 0.2) is 42.6 Å². The van der Waals surface area contributed by atoms with Gasteiger partial charge in [0.15, 0.2) is 0 Å². The molecule has 0 saturated carbocycles. The molecule has 3 N–H and O–H groups in total. The number of hydrogen-bond donors (Lipinski definition) is 2. The van der Waals surface area contributed by atoms with E-state index in [1.165, 1.54) is 0 Å². The highest BCUT2D eigenvalue weighted by molar-refractivity contribution is 5.96. The van der Waals surface area contributed by atoms with Crippen molar-refractivity contribution in [2.75, 3.05) is 5.73 Å². The first-order chi connectivity index (χ1) is 12.0. The van der Waals surface area contributed by atoms with Crippen LogP contribution in [0.25, 0.3) is 22.0 Å². The van der Waals surface area contributed by atoms with E-state index in [1.54, 1.807) is 6.20 Å². The van der Waals surface area contributed by atoms with E-state index in [1.807, 2.05) is 50.2 Å². The van der Waals surface area contributed by atoms with Gasteiger partial charge in [0.2, 0.25) is 5.95 Å². The van der Waals surface area contributed by atoms with Gasteiger partial charge in [-0.25, -0.2) is 9.97 Å². The van der Waals surface area contributed by atoms with E-state index in [-0.39, 0.29) is 17.9 Å². The van der Waals surface area contributed by atoms with Crippen LogP contribution in [0.2, 0.25) is 0 Å². The lowest BCUT2D eigenvalue weighted by Gasteiger charge is -2.13. The number of aromatic nitrogens is 2. The van der Waals surface area contributed by atoms with Crippen LogP contribution in [-0.2, 0) is 0 Å². The van der Waals surface area contributed by atoms with Gasteiger partial charge in [0.1, 0.15) is 0 Å². The zero-order valence-electron chi connectivity index (χ0n) is 14.7. The number of nitrogens with one attached hydrogen (secondary N) is 1. The van der Waals surface area contributed by atoms with Gasteiger partial charge in [0, 0.05) is 23.2 Å². The molecule has 1 amide bonds. The maximum absolute atomic E-state index is 12.4. The molecule has 0 radical (unpaired) electrons. The summed E-state index contributed by atoms with van der Waals surface area (Å²) in [5, 5.41) is 3.92. The SMILES string of the molecule is CCC(C)NC(=O)c1ccc(C)c(-c2ccc3nc(N)ncc3c2)c1. The Bertz CT molecular complexity index is 936. The molecule has 0 fully saturated rings. The van der Waals surface area contributed by atoms with Crippen LogP contribution in [-0.4, -0.2) is 21.9 Å². The summed E-state index contributed by atoms with van der Waals surface area (Å²) in [5.41, 5.74) is 10.3. The molecule has 3 rings (SSSR count). The Hall–Kier alpha value is -2.95. The van der Waals surface area contributed by atoms with Crippen LogP contribution >= 0.6 is 0 Å². The fourth-order valence-corrected chi connectivity index (χ4v) is 2.70. The monoisotopic (exact) mass is 334 g/mol. The number of nitrogens with two attached hydrogens (primary N) is 1. The summed E-state index contributed by atoms with van der Waals surface area (Å²) in [6.07, 6.45) is 2.62. The average molecular weight is 334 g/mol. The molecule has 5 nitrogen and oxygen atoms in total. The summed E-state index contributed by atoms with van der Waals surface area (Å²) < 4.78 is 0. The Labute approximate surface area is 147 Å². The highest BCUT2D eigenvalue weighted by atomic mass is 16.1. The standard InChI is InChI=1S/C20H22N4O/c1-4-13(3)23-19(25)15-6-5-12(2)17(10-15)14-7-8-18-16(9-14)11-22-20(21)24-18/h5-11,13H,4H2,1-3H3,(H,23,25)(H2,21,22,24). The van der Waals surface area contributed by atoms with E-state index in [0.717, 1.165) is 34.0 Å². The van der Waals surface area contributed by atoms with Crippen molar-refractivity contribution in [2.45, 2.75) is 33.2 Å². The number of aryl methyl sites for hydroxylation is 1. The zero-order valence-corrected chi connectivity index (χ0v) is 14.7. The largest absolute Gasteiger partial charge is 0.368 e. The molecule has 0 spiro atoms. The average Bonchev–Trinajstić information content (AvgIpc) is 2.61. The van der Waals surface area contributed by atoms with Crippen molar-refractivity contribution in [3.05, 3.63) is 53.7 Å². The number of benzene rings is 2. The normalized spacial score (nSPS) is 12.1. The first-order valence-corrected chi connectivity index (χ1v) is 8.42. The maximum Gasteiger partial charge on any atom is 0.251 e. The van der Waals surface area contributed by atoms with Gasteiger partial charge in [-0.1, -0.05) is 19.1 Å². The fourth-order valence-electron chi connectivity index (χ4n) is 2.70. The van der Waals surface area contributed by atoms with Gasteiger partial charge in [0.25, 0.3) is 5.91 Å². The van der Waals surface area contributed by atoms with Crippen molar-refractivity contribution in [2.24, 2.45) is 0 Å². The molecule has 1 aromatic heterocycles. The molecule has 0 aliphatic carbocycles. The number of anilines is 1. The molecule has 5 heteroatoms. The minimum absolute atomic E-state index is 0.0486. The van der Waals surface area contributed by atoms with Crippen molar-refractivity contribution in [3.63, 3.8) is 0 Å². The highest BCUT2D eigenvalue weighted by Gasteiger charge is 2.12. The lowest BCUT2D eigenvalue weighted by Crippen LogP contribution is -2.31. The summed E-state index contributed by atoms with van der Waals surface area (Å²) in [7, 11) is 0. The molecule has 0 aliphatic rings. The Morgan fingerprint density at radius 1 is 1.24 bits per heavy atom. The molecule has 0 saturated heterocycles. The number of carbonyl (C=O) groups excluding carboxylic acids is 1. The van der Waals surface area contributed by atoms with E-state index in [9.17, 15) is 4.79 Å². The quantitative estimate of drug-likeness (QED) is 0.762. The molecular formula is C20H22N4O. The van der Waals surface area contributed by atoms with Crippen LogP contribution in [0.4, 0.5) is 5.95 Å². The van der Waals surface area contributed by atoms with Crippen LogP contribution in [0, 0.1) is 6.92 Å². The Morgan fingerprint density at radius 3 is 2.80 bits per heavy atom. The predicted molar refractivity (Wildman–Crippen MR) is 101 cm³/mol. The van der Waals surface area contributed by atoms with Gasteiger partial charge >= 0.3 is 0 Å². The smallest absolute Gasteiger partial charge is 0.251 e. The van der Waals surface area contributed by atoms with Crippen molar-refractivity contribution in [3.8, 4) is 11.1 Å². The second-order valence-corrected chi connectivity index (χ2v) is 6.31. The molecule has 128 valence electrons. The molecule has 3 aromatic rings. The minimum Gasteiger partial charge on any atom is -0.368 e. The third kappa shape index (κ3) is 3.60. The third-order valence-electron chi connectivity index (χ3n) is 4.40. The lowest BCUT2D eigenvalue weighted by molar-refractivity contribution is 0.0939. The predicted octanol–water partition coefficient (Wildman–Crippen LogP) is 3.72. The van der Waals surface area contributed by atoms with Crippen molar-refractivity contribution < 1.29 is 4.79 Å². The molecule has 1 atom stereocenters. The van der Waals surface area contributed by atoms with Crippen molar-refractivity contribution in [1.29, 1.82) is 0 Å². The summed E-state index contributed by atoms with van der Waals surface area (Å²) >= 11 is 0. The van der Waals surface area contributed by atoms with Gasteiger partial charge < -0.3 is 11.1 Å². The molecular weight excluding hydrogens is 312 g/mol. The van der Waals surface area contributed by atoms with Crippen LogP contribution in [0.3, 0.4) is 0 Å².